The number of carbonyl (C=O) groups excluding carboxylic acids is 1. The van der Waals surface area contributed by atoms with Crippen LogP contribution in [0.2, 0.25) is 5.02 Å². The van der Waals surface area contributed by atoms with E-state index in [1.54, 1.807) is 35.4 Å². The number of hydrogen-bond acceptors (Lipinski definition) is 7. The molecule has 1 aromatic carbocycles. The van der Waals surface area contributed by atoms with E-state index in [4.69, 9.17) is 26.5 Å². The van der Waals surface area contributed by atoms with E-state index in [1.807, 2.05) is 31.6 Å². The number of nitrogen functional groups attached to an aromatic ring is 1. The second-order valence-electron chi connectivity index (χ2n) is 10.2. The monoisotopic (exact) mass is 509 g/mol. The van der Waals surface area contributed by atoms with Gasteiger partial charge in [-0.2, -0.15) is 5.10 Å². The summed E-state index contributed by atoms with van der Waals surface area (Å²) in [4.78, 5) is 31.4. The number of halogens is 1. The van der Waals surface area contributed by atoms with Crippen LogP contribution in [0.15, 0.2) is 45.9 Å². The Morgan fingerprint density at radius 1 is 1.25 bits per heavy atom. The van der Waals surface area contributed by atoms with Crippen molar-refractivity contribution in [2.45, 2.75) is 45.8 Å². The summed E-state index contributed by atoms with van der Waals surface area (Å²) in [6, 6.07) is 6.79. The number of benzene rings is 1. The Morgan fingerprint density at radius 3 is 2.72 bits per heavy atom. The average molecular weight is 510 g/mol. The molecule has 10 heteroatoms. The number of likely N-dealkylation sites (tertiary alicyclic amines) is 1. The normalized spacial score (nSPS) is 15.1. The minimum absolute atomic E-state index is 0.140. The molecule has 188 valence electrons. The summed E-state index contributed by atoms with van der Waals surface area (Å²) in [7, 11) is 0. The Kier molecular flexibility index (Phi) is 6.12. The van der Waals surface area contributed by atoms with Crippen LogP contribution in [0.4, 0.5) is 10.6 Å². The zero-order valence-corrected chi connectivity index (χ0v) is 21.2. The predicted octanol–water partition coefficient (Wildman–Crippen LogP) is 5.09. The zero-order chi connectivity index (χ0) is 25.6. The van der Waals surface area contributed by atoms with E-state index in [1.165, 1.54) is 0 Å². The van der Waals surface area contributed by atoms with E-state index in [9.17, 15) is 9.59 Å². The van der Waals surface area contributed by atoms with E-state index in [2.05, 4.69) is 10.1 Å². The highest BCUT2D eigenvalue weighted by Crippen LogP contribution is 2.30. The molecule has 2 N–H and O–H groups in total. The second kappa shape index (κ2) is 9.13. The molecule has 0 atom stereocenters. The number of fused-ring (bicyclic) bond motifs is 2. The van der Waals surface area contributed by atoms with Crippen molar-refractivity contribution >= 4 is 45.6 Å². The maximum atomic E-state index is 13.0. The molecule has 4 heterocycles. The topological polar surface area (TPSA) is 116 Å². The van der Waals surface area contributed by atoms with E-state index < -0.39 is 5.60 Å². The molecule has 0 aliphatic carbocycles. The highest BCUT2D eigenvalue weighted by molar-refractivity contribution is 6.35. The summed E-state index contributed by atoms with van der Waals surface area (Å²) in [5.41, 5.74) is 7.71. The predicted molar refractivity (Wildman–Crippen MR) is 139 cm³/mol. The van der Waals surface area contributed by atoms with Crippen LogP contribution in [0.25, 0.3) is 33.2 Å². The Hall–Kier alpha value is -3.59. The van der Waals surface area contributed by atoms with E-state index >= 15 is 0 Å². The smallest absolute Gasteiger partial charge is 0.410 e. The second-order valence-corrected chi connectivity index (χ2v) is 10.6. The molecule has 36 heavy (non-hydrogen) atoms. The van der Waals surface area contributed by atoms with Crippen LogP contribution < -0.4 is 11.2 Å². The number of carbonyl (C=O) groups is 1. The fourth-order valence-corrected chi connectivity index (χ4v) is 4.77. The summed E-state index contributed by atoms with van der Waals surface area (Å²) in [5, 5.41) is 5.11. The van der Waals surface area contributed by atoms with Crippen molar-refractivity contribution in [1.82, 2.24) is 19.7 Å². The molecule has 1 amide bonds. The van der Waals surface area contributed by atoms with E-state index in [0.29, 0.717) is 40.8 Å². The molecule has 0 saturated carbocycles. The number of amides is 1. The zero-order valence-electron chi connectivity index (χ0n) is 20.5. The quantitative estimate of drug-likeness (QED) is 0.382. The lowest BCUT2D eigenvalue weighted by molar-refractivity contribution is 0.0177. The summed E-state index contributed by atoms with van der Waals surface area (Å²) in [5.74, 6) is 0.601. The number of nitrogens with zero attached hydrogens (tertiary/aromatic N) is 4. The maximum absolute atomic E-state index is 13.0. The Balaban J connectivity index is 1.33. The molecule has 0 spiro atoms. The van der Waals surface area contributed by atoms with Gasteiger partial charge >= 0.3 is 6.09 Å². The number of hydrogen-bond donors (Lipinski definition) is 1. The fraction of sp³-hybridized carbons (Fsp3) is 0.385. The number of ether oxygens (including phenoxy) is 1. The van der Waals surface area contributed by atoms with Crippen LogP contribution in [-0.4, -0.2) is 44.4 Å². The summed E-state index contributed by atoms with van der Waals surface area (Å²) >= 11 is 6.21. The van der Waals surface area contributed by atoms with Gasteiger partial charge < -0.3 is 19.8 Å². The molecular weight excluding hydrogens is 482 g/mol. The lowest BCUT2D eigenvalue weighted by Crippen LogP contribution is -2.42. The van der Waals surface area contributed by atoms with Crippen molar-refractivity contribution in [1.29, 1.82) is 0 Å². The van der Waals surface area contributed by atoms with Gasteiger partial charge in [-0.25, -0.2) is 9.78 Å². The number of piperidine rings is 1. The average Bonchev–Trinajstić information content (AvgIpc) is 3.27. The first kappa shape index (κ1) is 24.1. The van der Waals surface area contributed by atoms with Crippen LogP contribution in [0.5, 0.6) is 0 Å². The minimum atomic E-state index is -0.498. The first-order chi connectivity index (χ1) is 17.1. The third kappa shape index (κ3) is 4.75. The molecule has 3 aromatic heterocycles. The summed E-state index contributed by atoms with van der Waals surface area (Å²) in [6.45, 7) is 7.66. The Labute approximate surface area is 212 Å². The molecule has 4 aromatic rings. The van der Waals surface area contributed by atoms with Crippen molar-refractivity contribution in [2.24, 2.45) is 5.92 Å². The summed E-state index contributed by atoms with van der Waals surface area (Å²) in [6.07, 6.45) is 5.12. The van der Waals surface area contributed by atoms with Crippen molar-refractivity contribution in [3.05, 3.63) is 51.9 Å². The highest BCUT2D eigenvalue weighted by Gasteiger charge is 2.27. The molecule has 5 rings (SSSR count). The minimum Gasteiger partial charge on any atom is -0.454 e. The van der Waals surface area contributed by atoms with Gasteiger partial charge in [0, 0.05) is 37.0 Å². The van der Waals surface area contributed by atoms with Crippen LogP contribution in [0.1, 0.15) is 33.6 Å². The number of aromatic nitrogens is 3. The third-order valence-corrected chi connectivity index (χ3v) is 6.63. The van der Waals surface area contributed by atoms with Gasteiger partial charge in [-0.05, 0) is 57.7 Å². The number of nitrogens with two attached hydrogens (primary N) is 1. The van der Waals surface area contributed by atoms with Gasteiger partial charge in [-0.15, -0.1) is 0 Å². The van der Waals surface area contributed by atoms with Gasteiger partial charge in [0.15, 0.2) is 11.1 Å². The van der Waals surface area contributed by atoms with Crippen LogP contribution in [0, 0.1) is 5.92 Å². The molecule has 1 saturated heterocycles. The molecule has 0 radical (unpaired) electrons. The molecule has 1 aliphatic heterocycles. The Morgan fingerprint density at radius 2 is 2.00 bits per heavy atom. The first-order valence-electron chi connectivity index (χ1n) is 11.9. The van der Waals surface area contributed by atoms with Crippen molar-refractivity contribution in [3.63, 3.8) is 0 Å². The van der Waals surface area contributed by atoms with Crippen molar-refractivity contribution < 1.29 is 13.9 Å². The van der Waals surface area contributed by atoms with Gasteiger partial charge in [0.05, 0.1) is 16.6 Å². The number of anilines is 1. The van der Waals surface area contributed by atoms with Gasteiger partial charge in [0.1, 0.15) is 17.0 Å². The lowest BCUT2D eigenvalue weighted by atomic mass is 9.97. The molecule has 1 fully saturated rings. The summed E-state index contributed by atoms with van der Waals surface area (Å²) < 4.78 is 13.3. The number of rotatable bonds is 3. The maximum Gasteiger partial charge on any atom is 0.410 e. The molecule has 1 aliphatic rings. The molecule has 9 nitrogen and oxygen atoms in total. The highest BCUT2D eigenvalue weighted by atomic mass is 35.5. The van der Waals surface area contributed by atoms with Gasteiger partial charge in [0.2, 0.25) is 5.43 Å². The van der Waals surface area contributed by atoms with Gasteiger partial charge in [-0.3, -0.25) is 9.48 Å². The molecular formula is C26H28ClN5O4. The third-order valence-electron chi connectivity index (χ3n) is 6.31. The Bertz CT molecular complexity index is 1510. The van der Waals surface area contributed by atoms with E-state index in [-0.39, 0.29) is 28.2 Å². The van der Waals surface area contributed by atoms with Gasteiger partial charge in [-0.1, -0.05) is 17.7 Å². The lowest BCUT2D eigenvalue weighted by Gasteiger charge is -2.33. The fourth-order valence-electron chi connectivity index (χ4n) is 4.52. The first-order valence-corrected chi connectivity index (χ1v) is 12.3. The largest absolute Gasteiger partial charge is 0.454 e. The van der Waals surface area contributed by atoms with Crippen molar-refractivity contribution in [3.8, 4) is 11.1 Å². The van der Waals surface area contributed by atoms with E-state index in [0.717, 1.165) is 24.9 Å². The van der Waals surface area contributed by atoms with Gasteiger partial charge in [0.25, 0.3) is 0 Å². The van der Waals surface area contributed by atoms with Crippen molar-refractivity contribution in [2.75, 3.05) is 18.8 Å². The van der Waals surface area contributed by atoms with Crippen LogP contribution >= 0.6 is 11.6 Å². The van der Waals surface area contributed by atoms with Crippen LogP contribution in [0.3, 0.4) is 0 Å². The molecule has 0 unspecified atom stereocenters. The number of pyridine rings is 1. The SMILES string of the molecule is CC(C)(C)OC(=O)N1CCC(Cn2cc(-c3cc4oc5cccc(Cl)c5c(=O)c4nc3N)cn2)CC1. The van der Waals surface area contributed by atoms with Crippen LogP contribution in [-0.2, 0) is 11.3 Å². The standard InChI is InChI=1S/C26H28ClN5O4/c1-26(2,3)36-25(34)31-9-7-15(8-10-31)13-32-14-16(12-29-32)17-11-20-22(30-24(17)28)23(33)21-18(27)5-4-6-19(21)35-20/h4-6,11-12,14-15H,7-10,13H2,1-3H3,(H2,28,30). The molecule has 0 bridgehead atoms.